The minimum atomic E-state index is -1.37. The average molecular weight is 405 g/mol. The van der Waals surface area contributed by atoms with Crippen molar-refractivity contribution in [1.82, 2.24) is 9.97 Å². The molecule has 4 aromatic rings. The van der Waals surface area contributed by atoms with E-state index in [1.54, 1.807) is 36.4 Å². The fraction of sp³-hybridized carbons (Fsp3) is 0.0500. The van der Waals surface area contributed by atoms with Gasteiger partial charge in [-0.05, 0) is 30.3 Å². The van der Waals surface area contributed by atoms with Crippen molar-refractivity contribution in [1.29, 1.82) is 0 Å². The molecule has 0 aliphatic rings. The summed E-state index contributed by atoms with van der Waals surface area (Å²) in [4.78, 5) is 29.9. The number of aliphatic hydroxyl groups is 1. The number of nitrogens with zero attached hydrogens (tertiary/aromatic N) is 3. The maximum absolute atomic E-state index is 12.7. The summed E-state index contributed by atoms with van der Waals surface area (Å²) < 4.78 is 5.25. The Morgan fingerprint density at radius 1 is 1.20 bits per heavy atom. The molecule has 30 heavy (non-hydrogen) atoms. The molecule has 0 unspecified atom stereocenters. The Hall–Kier alpha value is -4.31. The third-order valence-electron chi connectivity index (χ3n) is 4.28. The lowest BCUT2D eigenvalue weighted by Crippen LogP contribution is -2.26. The smallest absolute Gasteiger partial charge is 0.276 e. The van der Waals surface area contributed by atoms with Gasteiger partial charge in [0.15, 0.2) is 11.8 Å². The van der Waals surface area contributed by atoms with Gasteiger partial charge in [0.1, 0.15) is 11.5 Å². The number of hydrazone groups is 1. The zero-order chi connectivity index (χ0) is 21.1. The summed E-state index contributed by atoms with van der Waals surface area (Å²) in [6, 6.07) is 16.0. The molecule has 3 N–H and O–H groups in total. The first-order chi connectivity index (χ1) is 14.5. The molecule has 4 rings (SSSR count). The van der Waals surface area contributed by atoms with Gasteiger partial charge >= 0.3 is 0 Å². The van der Waals surface area contributed by atoms with Crippen molar-refractivity contribution < 1.29 is 14.4 Å². The Morgan fingerprint density at radius 3 is 2.70 bits per heavy atom. The number of nitro groups is 1. The van der Waals surface area contributed by atoms with E-state index in [1.807, 2.05) is 6.07 Å². The zero-order valence-corrected chi connectivity index (χ0v) is 15.4. The number of benzene rings is 2. The van der Waals surface area contributed by atoms with Gasteiger partial charge in [-0.2, -0.15) is 5.10 Å². The molecule has 1 atom stereocenters. The van der Waals surface area contributed by atoms with Gasteiger partial charge in [0.25, 0.3) is 11.2 Å². The predicted molar refractivity (Wildman–Crippen MR) is 109 cm³/mol. The van der Waals surface area contributed by atoms with Crippen LogP contribution in [0.4, 0.5) is 11.4 Å². The van der Waals surface area contributed by atoms with Crippen LogP contribution in [-0.4, -0.2) is 25.7 Å². The van der Waals surface area contributed by atoms with Gasteiger partial charge in [-0.1, -0.05) is 18.2 Å². The van der Waals surface area contributed by atoms with Crippen LogP contribution in [0.1, 0.15) is 17.6 Å². The summed E-state index contributed by atoms with van der Waals surface area (Å²) in [6.07, 6.45) is 0.0122. The van der Waals surface area contributed by atoms with E-state index in [4.69, 9.17) is 4.42 Å². The molecule has 0 amide bonds. The molecule has 10 nitrogen and oxygen atoms in total. The maximum Gasteiger partial charge on any atom is 0.276 e. The molecule has 0 saturated carbocycles. The number of nitro benzene ring substituents is 1. The van der Waals surface area contributed by atoms with Gasteiger partial charge < -0.3 is 14.5 Å². The van der Waals surface area contributed by atoms with Crippen LogP contribution < -0.4 is 11.0 Å². The molecular weight excluding hydrogens is 390 g/mol. The Balaban J connectivity index is 1.82. The molecular formula is C20H15N5O5. The van der Waals surface area contributed by atoms with Crippen molar-refractivity contribution in [3.05, 3.63) is 98.8 Å². The number of para-hydroxylation sites is 1. The Labute approximate surface area is 168 Å². The first-order valence-corrected chi connectivity index (χ1v) is 8.82. The van der Waals surface area contributed by atoms with E-state index in [-0.39, 0.29) is 28.4 Å². The minimum Gasteiger partial charge on any atom is -0.466 e. The second kappa shape index (κ2) is 7.97. The number of furan rings is 1. The molecule has 10 heteroatoms. The number of non-ortho nitro benzene ring substituents is 1. The Bertz CT molecular complexity index is 1280. The standard InChI is InChI=1S/C20H15N5O5/c26-19(16-7-4-10-30-16)17(24-23-12-5-2-1-3-6-12)18-20(27)22-15-11-13(25(28)29)8-9-14(15)21-18/h1-11,19,23,26H,(H,22,27)/b24-17+/t19-/m0/s1. The van der Waals surface area contributed by atoms with Crippen LogP contribution in [0.5, 0.6) is 0 Å². The van der Waals surface area contributed by atoms with Crippen LogP contribution in [0.15, 0.2) is 81.2 Å². The zero-order valence-electron chi connectivity index (χ0n) is 15.4. The SMILES string of the molecule is O=c1[nH]c2cc([N+](=O)[O-])ccc2nc1/C(=N\Nc1ccccc1)[C@@H](O)c1ccco1. The molecule has 150 valence electrons. The van der Waals surface area contributed by atoms with Gasteiger partial charge in [0.2, 0.25) is 0 Å². The molecule has 0 bridgehead atoms. The van der Waals surface area contributed by atoms with E-state index in [1.165, 1.54) is 24.5 Å². The van der Waals surface area contributed by atoms with Crippen molar-refractivity contribution in [2.45, 2.75) is 6.10 Å². The molecule has 0 spiro atoms. The van der Waals surface area contributed by atoms with E-state index in [0.717, 1.165) is 0 Å². The maximum atomic E-state index is 12.7. The van der Waals surface area contributed by atoms with E-state index in [0.29, 0.717) is 11.2 Å². The molecule has 0 radical (unpaired) electrons. The molecule has 2 heterocycles. The number of aromatic nitrogens is 2. The summed E-state index contributed by atoms with van der Waals surface area (Å²) in [5.74, 6) is 0.175. The topological polar surface area (TPSA) is 147 Å². The number of hydrogen-bond donors (Lipinski definition) is 3. The summed E-state index contributed by atoms with van der Waals surface area (Å²) >= 11 is 0. The number of anilines is 1. The number of aliphatic hydroxyl groups excluding tert-OH is 1. The monoisotopic (exact) mass is 405 g/mol. The Morgan fingerprint density at radius 2 is 2.00 bits per heavy atom. The molecule has 2 aromatic carbocycles. The van der Waals surface area contributed by atoms with Crippen molar-refractivity contribution in [2.24, 2.45) is 5.10 Å². The van der Waals surface area contributed by atoms with Crippen LogP contribution >= 0.6 is 0 Å². The quantitative estimate of drug-likeness (QED) is 0.254. The second-order valence-electron chi connectivity index (χ2n) is 6.27. The number of hydrogen-bond acceptors (Lipinski definition) is 8. The van der Waals surface area contributed by atoms with Gasteiger partial charge in [-0.15, -0.1) is 0 Å². The lowest BCUT2D eigenvalue weighted by atomic mass is 10.1. The number of nitrogens with one attached hydrogen (secondary N) is 2. The number of rotatable bonds is 6. The van der Waals surface area contributed by atoms with E-state index in [2.05, 4.69) is 20.5 Å². The van der Waals surface area contributed by atoms with Gasteiger partial charge in [0, 0.05) is 12.1 Å². The molecule has 2 aromatic heterocycles. The predicted octanol–water partition coefficient (Wildman–Crippen LogP) is 2.97. The summed E-state index contributed by atoms with van der Waals surface area (Å²) in [5.41, 5.74) is 2.85. The number of fused-ring (bicyclic) bond motifs is 1. The fourth-order valence-corrected chi connectivity index (χ4v) is 2.82. The van der Waals surface area contributed by atoms with Gasteiger partial charge in [-0.3, -0.25) is 20.3 Å². The lowest BCUT2D eigenvalue weighted by Gasteiger charge is -2.12. The largest absolute Gasteiger partial charge is 0.466 e. The first kappa shape index (κ1) is 19.0. The highest BCUT2D eigenvalue weighted by Gasteiger charge is 2.25. The number of H-pyrrole nitrogens is 1. The van der Waals surface area contributed by atoms with Crippen LogP contribution in [0.2, 0.25) is 0 Å². The number of aromatic amines is 1. The van der Waals surface area contributed by atoms with E-state index >= 15 is 0 Å². The van der Waals surface area contributed by atoms with Crippen molar-refractivity contribution in [2.75, 3.05) is 5.43 Å². The average Bonchev–Trinajstić information content (AvgIpc) is 3.29. The van der Waals surface area contributed by atoms with Crippen LogP contribution in [0, 0.1) is 10.1 Å². The Kier molecular flexibility index (Phi) is 5.06. The third-order valence-corrected chi connectivity index (χ3v) is 4.28. The van der Waals surface area contributed by atoms with Crippen molar-refractivity contribution in [3.63, 3.8) is 0 Å². The third kappa shape index (κ3) is 3.80. The summed E-state index contributed by atoms with van der Waals surface area (Å²) in [6.45, 7) is 0. The summed E-state index contributed by atoms with van der Waals surface area (Å²) in [7, 11) is 0. The minimum absolute atomic E-state index is 0.0738. The van der Waals surface area contributed by atoms with E-state index in [9.17, 15) is 20.0 Å². The highest BCUT2D eigenvalue weighted by molar-refractivity contribution is 6.03. The molecule has 0 fully saturated rings. The van der Waals surface area contributed by atoms with Gasteiger partial charge in [-0.25, -0.2) is 4.98 Å². The lowest BCUT2D eigenvalue weighted by molar-refractivity contribution is -0.384. The van der Waals surface area contributed by atoms with Crippen molar-refractivity contribution in [3.8, 4) is 0 Å². The highest BCUT2D eigenvalue weighted by atomic mass is 16.6. The highest BCUT2D eigenvalue weighted by Crippen LogP contribution is 2.21. The molecule has 0 aliphatic heterocycles. The first-order valence-electron chi connectivity index (χ1n) is 8.82. The van der Waals surface area contributed by atoms with Crippen molar-refractivity contribution >= 4 is 28.1 Å². The van der Waals surface area contributed by atoms with Crippen LogP contribution in [0.3, 0.4) is 0 Å². The van der Waals surface area contributed by atoms with Crippen LogP contribution in [0.25, 0.3) is 11.0 Å². The normalized spacial score (nSPS) is 12.6. The van der Waals surface area contributed by atoms with Crippen LogP contribution in [-0.2, 0) is 0 Å². The fourth-order valence-electron chi connectivity index (χ4n) is 2.82. The molecule has 0 saturated heterocycles. The second-order valence-corrected chi connectivity index (χ2v) is 6.27. The molecule has 0 aliphatic carbocycles. The van der Waals surface area contributed by atoms with Gasteiger partial charge in [0.05, 0.1) is 27.9 Å². The summed E-state index contributed by atoms with van der Waals surface area (Å²) in [5, 5.41) is 25.9. The van der Waals surface area contributed by atoms with E-state index < -0.39 is 16.6 Å².